The van der Waals surface area contributed by atoms with E-state index in [1.54, 1.807) is 52.8 Å². The Hall–Kier alpha value is -2.86. The number of rotatable bonds is 6. The number of methoxy groups -OCH3 is 1. The maximum Gasteiger partial charge on any atom is 0.337 e. The van der Waals surface area contributed by atoms with E-state index < -0.39 is 5.97 Å². The van der Waals surface area contributed by atoms with E-state index in [1.807, 2.05) is 22.9 Å². The minimum absolute atomic E-state index is 0.126. The zero-order valence-corrected chi connectivity index (χ0v) is 14.5. The second-order valence-electron chi connectivity index (χ2n) is 5.44. The molecule has 0 saturated carbocycles. The van der Waals surface area contributed by atoms with Crippen LogP contribution in [0, 0.1) is 0 Å². The van der Waals surface area contributed by atoms with Crippen LogP contribution in [0.15, 0.2) is 63.9 Å². The van der Waals surface area contributed by atoms with Crippen molar-refractivity contribution in [1.82, 2.24) is 4.90 Å². The molecule has 2 heterocycles. The van der Waals surface area contributed by atoms with Crippen LogP contribution in [0.5, 0.6) is 0 Å². The number of amides is 1. The molecular formula is C19H17NO4S. The molecular weight excluding hydrogens is 338 g/mol. The molecule has 1 aromatic carbocycles. The van der Waals surface area contributed by atoms with E-state index in [0.717, 1.165) is 11.3 Å². The highest BCUT2D eigenvalue weighted by molar-refractivity contribution is 7.07. The van der Waals surface area contributed by atoms with E-state index in [9.17, 15) is 9.59 Å². The normalized spacial score (nSPS) is 10.4. The molecule has 0 aliphatic carbocycles. The van der Waals surface area contributed by atoms with Gasteiger partial charge < -0.3 is 14.1 Å². The van der Waals surface area contributed by atoms with Crippen LogP contribution in [0.3, 0.4) is 0 Å². The van der Waals surface area contributed by atoms with Crippen molar-refractivity contribution in [1.29, 1.82) is 0 Å². The highest BCUT2D eigenvalue weighted by Gasteiger charge is 2.18. The molecule has 0 spiro atoms. The summed E-state index contributed by atoms with van der Waals surface area (Å²) in [5.41, 5.74) is 1.99. The number of thiophene rings is 1. The van der Waals surface area contributed by atoms with Crippen molar-refractivity contribution in [2.24, 2.45) is 0 Å². The fraction of sp³-hybridized carbons (Fsp3) is 0.158. The summed E-state index contributed by atoms with van der Waals surface area (Å²) in [6, 6.07) is 12.1. The summed E-state index contributed by atoms with van der Waals surface area (Å²) >= 11 is 1.59. The molecule has 6 heteroatoms. The van der Waals surface area contributed by atoms with E-state index in [1.165, 1.54) is 7.11 Å². The van der Waals surface area contributed by atoms with Crippen LogP contribution in [0.4, 0.5) is 0 Å². The third kappa shape index (κ3) is 4.16. The van der Waals surface area contributed by atoms with Crippen molar-refractivity contribution in [2.45, 2.75) is 13.1 Å². The van der Waals surface area contributed by atoms with Gasteiger partial charge in [-0.1, -0.05) is 0 Å². The average molecular weight is 355 g/mol. The predicted molar refractivity (Wildman–Crippen MR) is 94.4 cm³/mol. The SMILES string of the molecule is COC(=O)c1ccc(C(=O)N(Cc2ccsc2)Cc2ccco2)cc1. The summed E-state index contributed by atoms with van der Waals surface area (Å²) in [5.74, 6) is 0.165. The molecule has 0 saturated heterocycles. The lowest BCUT2D eigenvalue weighted by atomic mass is 10.1. The molecule has 0 radical (unpaired) electrons. The third-order valence-corrected chi connectivity index (χ3v) is 4.45. The highest BCUT2D eigenvalue weighted by Crippen LogP contribution is 2.17. The Bertz CT molecular complexity index is 787. The molecule has 5 nitrogen and oxygen atoms in total. The number of hydrogen-bond donors (Lipinski definition) is 0. The largest absolute Gasteiger partial charge is 0.467 e. The molecule has 3 aromatic rings. The molecule has 2 aromatic heterocycles. The Labute approximate surface area is 149 Å². The molecule has 0 fully saturated rings. The smallest absolute Gasteiger partial charge is 0.337 e. The van der Waals surface area contributed by atoms with Gasteiger partial charge in [0.25, 0.3) is 5.91 Å². The van der Waals surface area contributed by atoms with Gasteiger partial charge in [-0.15, -0.1) is 0 Å². The molecule has 3 rings (SSSR count). The minimum Gasteiger partial charge on any atom is -0.467 e. The van der Waals surface area contributed by atoms with E-state index in [2.05, 4.69) is 4.74 Å². The second-order valence-corrected chi connectivity index (χ2v) is 6.22. The first kappa shape index (κ1) is 17.0. The van der Waals surface area contributed by atoms with Gasteiger partial charge in [0.05, 0.1) is 25.5 Å². The topological polar surface area (TPSA) is 59.8 Å². The first-order valence-corrected chi connectivity index (χ1v) is 8.63. The molecule has 0 aliphatic rings. The lowest BCUT2D eigenvalue weighted by molar-refractivity contribution is 0.0599. The second kappa shape index (κ2) is 7.81. The number of furan rings is 1. The Morgan fingerprint density at radius 1 is 1.08 bits per heavy atom. The number of benzene rings is 1. The van der Waals surface area contributed by atoms with Crippen molar-refractivity contribution in [3.8, 4) is 0 Å². The maximum absolute atomic E-state index is 12.9. The summed E-state index contributed by atoms with van der Waals surface area (Å²) in [7, 11) is 1.33. The van der Waals surface area contributed by atoms with Gasteiger partial charge in [-0.25, -0.2) is 4.79 Å². The van der Waals surface area contributed by atoms with E-state index >= 15 is 0 Å². The molecule has 0 aliphatic heterocycles. The number of hydrogen-bond acceptors (Lipinski definition) is 5. The Kier molecular flexibility index (Phi) is 5.30. The fourth-order valence-corrected chi connectivity index (χ4v) is 3.10. The van der Waals surface area contributed by atoms with Crippen molar-refractivity contribution >= 4 is 23.2 Å². The molecule has 25 heavy (non-hydrogen) atoms. The fourth-order valence-electron chi connectivity index (χ4n) is 2.44. The lowest BCUT2D eigenvalue weighted by Crippen LogP contribution is -2.29. The number of ether oxygens (including phenoxy) is 1. The van der Waals surface area contributed by atoms with Crippen molar-refractivity contribution in [3.63, 3.8) is 0 Å². The average Bonchev–Trinajstić information content (AvgIpc) is 3.34. The van der Waals surface area contributed by atoms with Gasteiger partial charge in [0, 0.05) is 12.1 Å². The predicted octanol–water partition coefficient (Wildman–Crippen LogP) is 3.97. The number of carbonyl (C=O) groups excluding carboxylic acids is 2. The van der Waals surface area contributed by atoms with Gasteiger partial charge in [-0.05, 0) is 58.8 Å². The van der Waals surface area contributed by atoms with Crippen LogP contribution in [0.1, 0.15) is 32.0 Å². The van der Waals surface area contributed by atoms with Gasteiger partial charge >= 0.3 is 5.97 Å². The molecule has 0 unspecified atom stereocenters. The van der Waals surface area contributed by atoms with E-state index in [4.69, 9.17) is 4.42 Å². The van der Waals surface area contributed by atoms with Gasteiger partial charge in [0.15, 0.2) is 0 Å². The number of carbonyl (C=O) groups is 2. The highest BCUT2D eigenvalue weighted by atomic mass is 32.1. The van der Waals surface area contributed by atoms with Gasteiger partial charge in [-0.2, -0.15) is 11.3 Å². The summed E-state index contributed by atoms with van der Waals surface area (Å²) < 4.78 is 10.1. The number of esters is 1. The lowest BCUT2D eigenvalue weighted by Gasteiger charge is -2.21. The standard InChI is InChI=1S/C19H17NO4S/c1-23-19(22)16-6-4-15(5-7-16)18(21)20(11-14-8-10-25-13-14)12-17-3-2-9-24-17/h2-10,13H,11-12H2,1H3. The van der Waals surface area contributed by atoms with Crippen LogP contribution in [0.2, 0.25) is 0 Å². The van der Waals surface area contributed by atoms with Gasteiger partial charge in [0.2, 0.25) is 0 Å². The van der Waals surface area contributed by atoms with Crippen LogP contribution in [0.25, 0.3) is 0 Å². The van der Waals surface area contributed by atoms with Gasteiger partial charge in [0.1, 0.15) is 5.76 Å². The molecule has 0 bridgehead atoms. The molecule has 128 valence electrons. The third-order valence-electron chi connectivity index (χ3n) is 3.72. The zero-order valence-electron chi connectivity index (χ0n) is 13.7. The summed E-state index contributed by atoms with van der Waals surface area (Å²) in [6.45, 7) is 0.863. The Morgan fingerprint density at radius 3 is 2.44 bits per heavy atom. The Balaban J connectivity index is 1.81. The summed E-state index contributed by atoms with van der Waals surface area (Å²) in [5, 5.41) is 4.00. The molecule has 0 N–H and O–H groups in total. The van der Waals surface area contributed by atoms with E-state index in [-0.39, 0.29) is 5.91 Å². The first-order chi connectivity index (χ1) is 12.2. The molecule has 1 amide bonds. The van der Waals surface area contributed by atoms with E-state index in [0.29, 0.717) is 24.2 Å². The summed E-state index contributed by atoms with van der Waals surface area (Å²) in [4.78, 5) is 26.2. The van der Waals surface area contributed by atoms with Crippen LogP contribution in [-0.2, 0) is 17.8 Å². The number of nitrogens with zero attached hydrogens (tertiary/aromatic N) is 1. The summed E-state index contributed by atoms with van der Waals surface area (Å²) in [6.07, 6.45) is 1.59. The van der Waals surface area contributed by atoms with Crippen LogP contribution >= 0.6 is 11.3 Å². The monoisotopic (exact) mass is 355 g/mol. The minimum atomic E-state index is -0.426. The van der Waals surface area contributed by atoms with Crippen LogP contribution in [-0.4, -0.2) is 23.9 Å². The van der Waals surface area contributed by atoms with Crippen molar-refractivity contribution in [2.75, 3.05) is 7.11 Å². The zero-order chi connectivity index (χ0) is 17.6. The van der Waals surface area contributed by atoms with Crippen LogP contribution < -0.4 is 0 Å². The quantitative estimate of drug-likeness (QED) is 0.628. The Morgan fingerprint density at radius 2 is 1.84 bits per heavy atom. The van der Waals surface area contributed by atoms with Crippen molar-refractivity contribution < 1.29 is 18.7 Å². The molecule has 0 atom stereocenters. The first-order valence-electron chi connectivity index (χ1n) is 7.68. The van der Waals surface area contributed by atoms with Gasteiger partial charge in [-0.3, -0.25) is 4.79 Å². The van der Waals surface area contributed by atoms with Crippen molar-refractivity contribution in [3.05, 3.63) is 81.9 Å². The maximum atomic E-state index is 12.9.